The molecule has 1 atom stereocenters. The van der Waals surface area contributed by atoms with Crippen molar-refractivity contribution in [1.29, 1.82) is 0 Å². The highest BCUT2D eigenvalue weighted by Gasteiger charge is 2.28. The van der Waals surface area contributed by atoms with Gasteiger partial charge in [0.2, 0.25) is 0 Å². The Bertz CT molecular complexity index is 439. The van der Waals surface area contributed by atoms with Gasteiger partial charge < -0.3 is 5.73 Å². The molecule has 14 heavy (non-hydrogen) atoms. The summed E-state index contributed by atoms with van der Waals surface area (Å²) in [7, 11) is -3.04. The topological polar surface area (TPSA) is 60.2 Å². The molecule has 1 aliphatic rings. The van der Waals surface area contributed by atoms with Gasteiger partial charge in [-0.15, -0.1) is 0 Å². The summed E-state index contributed by atoms with van der Waals surface area (Å²) in [5, 5.41) is 0. The van der Waals surface area contributed by atoms with E-state index in [1.54, 1.807) is 12.1 Å². The van der Waals surface area contributed by atoms with Crippen molar-refractivity contribution in [3.05, 3.63) is 29.8 Å². The van der Waals surface area contributed by atoms with E-state index < -0.39 is 9.84 Å². The summed E-state index contributed by atoms with van der Waals surface area (Å²) in [5.74, 6) is 0.432. The first-order valence-corrected chi connectivity index (χ1v) is 6.32. The van der Waals surface area contributed by atoms with Gasteiger partial charge in [0.05, 0.1) is 10.6 Å². The van der Waals surface area contributed by atoms with Crippen molar-refractivity contribution in [1.82, 2.24) is 0 Å². The molecule has 3 nitrogen and oxygen atoms in total. The fourth-order valence-corrected chi connectivity index (χ4v) is 3.60. The van der Waals surface area contributed by atoms with Crippen LogP contribution in [0.1, 0.15) is 17.9 Å². The molecule has 2 rings (SSSR count). The molecular formula is C10H13NO2S. The average molecular weight is 211 g/mol. The molecule has 4 heteroatoms. The van der Waals surface area contributed by atoms with E-state index in [0.717, 1.165) is 5.56 Å². The van der Waals surface area contributed by atoms with Crippen molar-refractivity contribution in [2.24, 2.45) is 5.73 Å². The normalized spacial score (nSPS) is 24.2. The van der Waals surface area contributed by atoms with Crippen molar-refractivity contribution in [2.75, 3.05) is 12.3 Å². The van der Waals surface area contributed by atoms with E-state index in [9.17, 15) is 8.42 Å². The highest BCUT2D eigenvalue weighted by molar-refractivity contribution is 7.91. The van der Waals surface area contributed by atoms with Gasteiger partial charge in [0, 0.05) is 0 Å². The van der Waals surface area contributed by atoms with Gasteiger partial charge in [-0.1, -0.05) is 18.2 Å². The molecule has 1 aliphatic heterocycles. The SMILES string of the molecule is NC[C@H]1CCS(=O)(=O)c2ccccc21. The zero-order chi connectivity index (χ0) is 10.2. The fourth-order valence-electron chi connectivity index (χ4n) is 1.91. The maximum Gasteiger partial charge on any atom is 0.178 e. The van der Waals surface area contributed by atoms with Crippen LogP contribution in [0.4, 0.5) is 0 Å². The van der Waals surface area contributed by atoms with Gasteiger partial charge in [-0.2, -0.15) is 0 Å². The lowest BCUT2D eigenvalue weighted by Crippen LogP contribution is -2.24. The molecule has 0 unspecified atom stereocenters. The molecule has 1 aromatic carbocycles. The average Bonchev–Trinajstić information content (AvgIpc) is 2.18. The maximum atomic E-state index is 11.7. The molecular weight excluding hydrogens is 198 g/mol. The van der Waals surface area contributed by atoms with E-state index in [4.69, 9.17) is 5.73 Å². The smallest absolute Gasteiger partial charge is 0.178 e. The molecule has 0 fully saturated rings. The molecule has 76 valence electrons. The van der Waals surface area contributed by atoms with Crippen LogP contribution in [0.15, 0.2) is 29.2 Å². The third-order valence-electron chi connectivity index (χ3n) is 2.71. The summed E-state index contributed by atoms with van der Waals surface area (Å²) in [5.41, 5.74) is 6.50. The molecule has 1 heterocycles. The minimum absolute atomic E-state index is 0.203. The Hall–Kier alpha value is -0.870. The summed E-state index contributed by atoms with van der Waals surface area (Å²) in [6.45, 7) is 0.520. The molecule has 1 aromatic rings. The molecule has 0 radical (unpaired) electrons. The number of benzene rings is 1. The maximum absolute atomic E-state index is 11.7. The quantitative estimate of drug-likeness (QED) is 0.751. The summed E-state index contributed by atoms with van der Waals surface area (Å²) < 4.78 is 23.4. The minimum Gasteiger partial charge on any atom is -0.330 e. The zero-order valence-corrected chi connectivity index (χ0v) is 8.63. The van der Waals surface area contributed by atoms with Crippen molar-refractivity contribution >= 4 is 9.84 Å². The summed E-state index contributed by atoms with van der Waals surface area (Å²) >= 11 is 0. The van der Waals surface area contributed by atoms with E-state index in [2.05, 4.69) is 0 Å². The molecule has 0 aliphatic carbocycles. The van der Waals surface area contributed by atoms with Crippen molar-refractivity contribution in [3.8, 4) is 0 Å². The molecule has 0 amide bonds. The zero-order valence-electron chi connectivity index (χ0n) is 7.81. The monoisotopic (exact) mass is 211 g/mol. The van der Waals surface area contributed by atoms with Gasteiger partial charge in [0.15, 0.2) is 9.84 Å². The van der Waals surface area contributed by atoms with E-state index in [1.165, 1.54) is 0 Å². The van der Waals surface area contributed by atoms with Crippen molar-refractivity contribution in [2.45, 2.75) is 17.2 Å². The van der Waals surface area contributed by atoms with Crippen LogP contribution in [-0.2, 0) is 9.84 Å². The van der Waals surface area contributed by atoms with Crippen LogP contribution < -0.4 is 5.73 Å². The number of fused-ring (bicyclic) bond motifs is 1. The Labute approximate surface area is 83.9 Å². The van der Waals surface area contributed by atoms with Gasteiger partial charge in [-0.3, -0.25) is 0 Å². The van der Waals surface area contributed by atoms with E-state index >= 15 is 0 Å². The van der Waals surface area contributed by atoms with Gasteiger partial charge in [0.25, 0.3) is 0 Å². The molecule has 0 spiro atoms. The van der Waals surface area contributed by atoms with Crippen LogP contribution in [0.3, 0.4) is 0 Å². The number of hydrogen-bond acceptors (Lipinski definition) is 3. The third-order valence-corrected chi connectivity index (χ3v) is 4.53. The van der Waals surface area contributed by atoms with Crippen LogP contribution in [0.5, 0.6) is 0 Å². The van der Waals surface area contributed by atoms with Gasteiger partial charge >= 0.3 is 0 Å². The van der Waals surface area contributed by atoms with Crippen molar-refractivity contribution < 1.29 is 8.42 Å². The second kappa shape index (κ2) is 3.37. The highest BCUT2D eigenvalue weighted by Crippen LogP contribution is 2.32. The standard InChI is InChI=1S/C10H13NO2S/c11-7-8-5-6-14(12,13)10-4-2-1-3-9(8)10/h1-4,8H,5-7,11H2/t8-/m1/s1. The first-order valence-electron chi connectivity index (χ1n) is 4.67. The number of nitrogens with two attached hydrogens (primary N) is 1. The fraction of sp³-hybridized carbons (Fsp3) is 0.400. The minimum atomic E-state index is -3.04. The lowest BCUT2D eigenvalue weighted by molar-refractivity contribution is 0.566. The van der Waals surface area contributed by atoms with Crippen LogP contribution in [0, 0.1) is 0 Å². The van der Waals surface area contributed by atoms with Gasteiger partial charge in [-0.05, 0) is 30.5 Å². The lowest BCUT2D eigenvalue weighted by atomic mass is 9.96. The highest BCUT2D eigenvalue weighted by atomic mass is 32.2. The predicted molar refractivity (Wildman–Crippen MR) is 54.9 cm³/mol. The molecule has 0 saturated carbocycles. The van der Waals surface area contributed by atoms with Crippen LogP contribution >= 0.6 is 0 Å². The number of rotatable bonds is 1. The van der Waals surface area contributed by atoms with E-state index in [0.29, 0.717) is 17.9 Å². The molecule has 0 bridgehead atoms. The van der Waals surface area contributed by atoms with Gasteiger partial charge in [-0.25, -0.2) is 8.42 Å². The summed E-state index contributed by atoms with van der Waals surface area (Å²) in [6.07, 6.45) is 0.649. The van der Waals surface area contributed by atoms with Gasteiger partial charge in [0.1, 0.15) is 0 Å². The first kappa shape index (κ1) is 9.68. The Morgan fingerprint density at radius 3 is 2.79 bits per heavy atom. The molecule has 0 aromatic heterocycles. The Morgan fingerprint density at radius 1 is 1.36 bits per heavy atom. The molecule has 2 N–H and O–H groups in total. The largest absolute Gasteiger partial charge is 0.330 e. The first-order chi connectivity index (χ1) is 6.65. The van der Waals surface area contributed by atoms with Crippen LogP contribution in [0.2, 0.25) is 0 Å². The van der Waals surface area contributed by atoms with Crippen molar-refractivity contribution in [3.63, 3.8) is 0 Å². The predicted octanol–water partition coefficient (Wildman–Crippen LogP) is 0.906. The Kier molecular flexibility index (Phi) is 2.33. The number of sulfone groups is 1. The Balaban J connectivity index is 2.61. The second-order valence-corrected chi connectivity index (χ2v) is 5.66. The summed E-state index contributed by atoms with van der Waals surface area (Å²) in [6, 6.07) is 7.16. The second-order valence-electron chi connectivity index (χ2n) is 3.58. The third kappa shape index (κ3) is 1.44. The van der Waals surface area contributed by atoms with E-state index in [1.807, 2.05) is 12.1 Å². The van der Waals surface area contributed by atoms with Crippen LogP contribution in [0.25, 0.3) is 0 Å². The Morgan fingerprint density at radius 2 is 2.07 bits per heavy atom. The number of hydrogen-bond donors (Lipinski definition) is 1. The van der Waals surface area contributed by atoms with Crippen LogP contribution in [-0.4, -0.2) is 20.7 Å². The lowest BCUT2D eigenvalue weighted by Gasteiger charge is -2.23. The van der Waals surface area contributed by atoms with E-state index in [-0.39, 0.29) is 11.7 Å². The summed E-state index contributed by atoms with van der Waals surface area (Å²) in [4.78, 5) is 0.474. The molecule has 0 saturated heterocycles.